The molecule has 0 amide bonds. The number of fused-ring (bicyclic) bond motifs is 24. The molecule has 0 bridgehead atoms. The van der Waals surface area contributed by atoms with Crippen LogP contribution in [0.1, 0.15) is 99.9 Å². The highest BCUT2D eigenvalue weighted by Crippen LogP contribution is 2.60. The van der Waals surface area contributed by atoms with Crippen molar-refractivity contribution in [3.05, 3.63) is 530 Å². The van der Waals surface area contributed by atoms with Gasteiger partial charge in [-0.2, -0.15) is 0 Å². The van der Waals surface area contributed by atoms with E-state index in [2.05, 4.69) is 559 Å². The van der Waals surface area contributed by atoms with Gasteiger partial charge in [0, 0.05) is 88.1 Å². The van der Waals surface area contributed by atoms with E-state index in [0.29, 0.717) is 0 Å². The van der Waals surface area contributed by atoms with E-state index in [4.69, 9.17) is 0 Å². The molecular formula is C138H104N4. The van der Waals surface area contributed by atoms with Crippen molar-refractivity contribution in [2.75, 3.05) is 4.90 Å². The van der Waals surface area contributed by atoms with Gasteiger partial charge in [0.2, 0.25) is 0 Å². The van der Waals surface area contributed by atoms with Gasteiger partial charge >= 0.3 is 0 Å². The van der Waals surface area contributed by atoms with E-state index in [9.17, 15) is 0 Å². The summed E-state index contributed by atoms with van der Waals surface area (Å²) in [5, 5.41) is 7.90. The largest absolute Gasteiger partial charge is 0.310 e. The van der Waals surface area contributed by atoms with Gasteiger partial charge in [-0.05, 0) is 295 Å². The maximum absolute atomic E-state index is 2.47. The molecule has 4 aliphatic rings. The van der Waals surface area contributed by atoms with Crippen molar-refractivity contribution in [2.45, 2.75) is 77.0 Å². The average molecular weight is 1820 g/mol. The molecule has 4 aliphatic carbocycles. The number of hydrogen-bond donors (Lipinski definition) is 0. The Morgan fingerprint density at radius 2 is 0.387 bits per heavy atom. The first-order chi connectivity index (χ1) is 69.5. The van der Waals surface area contributed by atoms with Gasteiger partial charge < -0.3 is 18.6 Å². The molecule has 0 unspecified atom stereocenters. The molecule has 4 heteroatoms. The highest BCUT2D eigenvalue weighted by Gasteiger charge is 2.43. The maximum atomic E-state index is 2.47. The van der Waals surface area contributed by atoms with Crippen LogP contribution in [0.5, 0.6) is 0 Å². The predicted molar refractivity (Wildman–Crippen MR) is 600 cm³/mol. The average Bonchev–Trinajstić information content (AvgIpc) is 1.52. The first-order valence-electron chi connectivity index (χ1n) is 49.9. The molecule has 0 spiro atoms. The summed E-state index contributed by atoms with van der Waals surface area (Å²) in [4.78, 5) is 2.36. The Labute approximate surface area is 830 Å². The summed E-state index contributed by atoms with van der Waals surface area (Å²) < 4.78 is 7.37. The number of rotatable bonds is 12. The van der Waals surface area contributed by atoms with Gasteiger partial charge in [-0.1, -0.05) is 401 Å². The number of aromatic nitrogens is 3. The lowest BCUT2D eigenvalue weighted by atomic mass is 9.79. The van der Waals surface area contributed by atoms with Crippen LogP contribution >= 0.6 is 0 Å². The topological polar surface area (TPSA) is 18.0 Å². The summed E-state index contributed by atoms with van der Waals surface area (Å²) in [5.74, 6) is 0. The Hall–Kier alpha value is -17.2. The molecule has 3 aromatic heterocycles. The minimum absolute atomic E-state index is 0.0371. The Balaban J connectivity index is 0.000000110. The molecule has 28 rings (SSSR count). The van der Waals surface area contributed by atoms with Crippen LogP contribution in [0, 0.1) is 0 Å². The molecular weight excluding hydrogens is 1710 g/mol. The normalized spacial score (nSPS) is 13.7. The zero-order chi connectivity index (χ0) is 95.4. The van der Waals surface area contributed by atoms with Crippen LogP contribution in [0.25, 0.3) is 194 Å². The van der Waals surface area contributed by atoms with E-state index < -0.39 is 0 Å². The second kappa shape index (κ2) is 33.3. The third kappa shape index (κ3) is 13.6. The highest BCUT2D eigenvalue weighted by molar-refractivity contribution is 6.19. The SMILES string of the molecule is CC1(C)c2cc(-c3ccccc3)ccc2-c2ccc3c(c21)c1cc(-c2ccc(-c4ccccc4)cc2)ccc1n3-c1ccc(-c2ccccc2)cc1.CC1(C)c2ccccc2-c2ccc(-c3ccc4c(c3)c3c5c(ccc3n4-c3ccccc3)-c3ccc(-c4ccccc4)cc3C5(C)C)cc21.CC1(C)c2ccccc2-c2ccc3c(c21)c1cc(N(c2ccccc2)c2ccccc2)ccc1n3-c1ccccc1. The minimum Gasteiger partial charge on any atom is -0.310 e. The number of hydrogen-bond acceptors (Lipinski definition) is 1. The molecule has 0 saturated heterocycles. The van der Waals surface area contributed by atoms with Crippen LogP contribution in [0.4, 0.5) is 17.1 Å². The smallest absolute Gasteiger partial charge is 0.0544 e. The fourth-order valence-corrected chi connectivity index (χ4v) is 24.7. The zero-order valence-corrected chi connectivity index (χ0v) is 81.0. The summed E-state index contributed by atoms with van der Waals surface area (Å²) in [6.45, 7) is 19.2. The van der Waals surface area contributed by atoms with E-state index in [1.807, 2.05) is 0 Å². The highest BCUT2D eigenvalue weighted by atomic mass is 15.1. The fraction of sp³-hybridized carbons (Fsp3) is 0.0870. The molecule has 24 aromatic rings. The number of anilines is 3. The van der Waals surface area contributed by atoms with Crippen molar-refractivity contribution in [1.29, 1.82) is 0 Å². The Morgan fingerprint density at radius 3 is 0.789 bits per heavy atom. The van der Waals surface area contributed by atoms with Crippen LogP contribution in [-0.2, 0) is 21.7 Å². The molecule has 4 nitrogen and oxygen atoms in total. The van der Waals surface area contributed by atoms with Gasteiger partial charge in [0.05, 0.1) is 33.1 Å². The first kappa shape index (κ1) is 85.3. The Kier molecular flexibility index (Phi) is 20.0. The van der Waals surface area contributed by atoms with Gasteiger partial charge in [0.15, 0.2) is 0 Å². The molecule has 3 heterocycles. The van der Waals surface area contributed by atoms with Crippen molar-refractivity contribution in [1.82, 2.24) is 13.7 Å². The molecule has 0 N–H and O–H groups in total. The number of benzene rings is 21. The quantitative estimate of drug-likeness (QED) is 0.119. The Morgan fingerprint density at radius 1 is 0.155 bits per heavy atom. The molecule has 0 aliphatic heterocycles. The lowest BCUT2D eigenvalue weighted by Gasteiger charge is -2.26. The van der Waals surface area contributed by atoms with Crippen LogP contribution < -0.4 is 4.90 Å². The van der Waals surface area contributed by atoms with E-state index in [0.717, 1.165) is 17.1 Å². The van der Waals surface area contributed by atoms with E-state index >= 15 is 0 Å². The predicted octanol–water partition coefficient (Wildman–Crippen LogP) is 37.0. The number of nitrogens with zero attached hydrogens (tertiary/aromatic N) is 4. The van der Waals surface area contributed by atoms with Crippen molar-refractivity contribution in [2.24, 2.45) is 0 Å². The second-order valence-corrected chi connectivity index (χ2v) is 41.0. The third-order valence-corrected chi connectivity index (χ3v) is 31.5. The molecule has 0 radical (unpaired) electrons. The summed E-state index contributed by atoms with van der Waals surface area (Å²) in [6.07, 6.45) is 0. The van der Waals surface area contributed by atoms with E-state index in [1.165, 1.54) is 238 Å². The van der Waals surface area contributed by atoms with Gasteiger partial charge in [-0.3, -0.25) is 0 Å². The van der Waals surface area contributed by atoms with Crippen LogP contribution in [0.3, 0.4) is 0 Å². The van der Waals surface area contributed by atoms with Crippen molar-refractivity contribution in [3.63, 3.8) is 0 Å². The Bertz CT molecular complexity index is 9080. The van der Waals surface area contributed by atoms with Crippen LogP contribution in [-0.4, -0.2) is 13.7 Å². The third-order valence-electron chi connectivity index (χ3n) is 31.5. The monoisotopic (exact) mass is 1820 g/mol. The van der Waals surface area contributed by atoms with Gasteiger partial charge in [0.1, 0.15) is 0 Å². The van der Waals surface area contributed by atoms with Gasteiger partial charge in [0.25, 0.3) is 0 Å². The minimum atomic E-state index is -0.196. The summed E-state index contributed by atoms with van der Waals surface area (Å²) >= 11 is 0. The van der Waals surface area contributed by atoms with Gasteiger partial charge in [-0.25, -0.2) is 0 Å². The number of para-hydroxylation sites is 4. The summed E-state index contributed by atoms with van der Waals surface area (Å²) in [7, 11) is 0. The lowest BCUT2D eigenvalue weighted by Crippen LogP contribution is -2.15. The summed E-state index contributed by atoms with van der Waals surface area (Å²) in [6, 6.07) is 178. The molecule has 142 heavy (non-hydrogen) atoms. The van der Waals surface area contributed by atoms with Crippen molar-refractivity contribution >= 4 is 82.5 Å². The zero-order valence-electron chi connectivity index (χ0n) is 81.0. The molecule has 0 saturated carbocycles. The van der Waals surface area contributed by atoms with Crippen molar-refractivity contribution < 1.29 is 0 Å². The standard InChI is InChI=1S/C51H37N.C48H37N.C39H30N2/c1-51(2)46-33-41(36-16-10-5-11-17-36)24-28-43(46)44-29-31-48-49(50(44)51)45-32-40(39-20-18-37(19-21-39)34-12-6-3-7-13-34)25-30-47(45)52(48)42-26-22-38(23-27-42)35-14-8-4-9-15-35;1-47(2)40-18-12-11-17-35(40)36-22-20-33(29-41(36)47)31-21-25-43-39(27-31)45-44(49(43)34-15-9-6-10-16-34)26-24-38-37-23-19-32(30-13-7-5-8-14-30)28-42(37)48(3,4)46(38)45;1-39(2)34-21-13-12-20-31(34)32-23-25-36-37(38(32)39)33-26-30(22-24-35(33)41(36)29-18-10-5-11-19-29)40(27-14-6-3-7-15-27)28-16-8-4-9-17-28/h3-33H,1-2H3;5-29H,1-4H3;3-26H,1-2H3. The molecule has 0 atom stereocenters. The van der Waals surface area contributed by atoms with Crippen molar-refractivity contribution in [3.8, 4) is 128 Å². The fourth-order valence-electron chi connectivity index (χ4n) is 24.7. The van der Waals surface area contributed by atoms with Crippen LogP contribution in [0.2, 0.25) is 0 Å². The molecule has 0 fully saturated rings. The first-order valence-corrected chi connectivity index (χ1v) is 49.9. The van der Waals surface area contributed by atoms with E-state index in [1.54, 1.807) is 0 Å². The van der Waals surface area contributed by atoms with E-state index in [-0.39, 0.29) is 21.7 Å². The maximum Gasteiger partial charge on any atom is 0.0544 e. The van der Waals surface area contributed by atoms with Gasteiger partial charge in [-0.15, -0.1) is 0 Å². The second-order valence-electron chi connectivity index (χ2n) is 41.0. The molecule has 676 valence electrons. The van der Waals surface area contributed by atoms with Crippen LogP contribution in [0.15, 0.2) is 485 Å². The molecule has 21 aromatic carbocycles. The lowest BCUT2D eigenvalue weighted by molar-refractivity contribution is 0.660. The summed E-state index contributed by atoms with van der Waals surface area (Å²) in [5.41, 5.74) is 50.8.